The van der Waals surface area contributed by atoms with Crippen LogP contribution >= 0.6 is 0 Å². The van der Waals surface area contributed by atoms with Gasteiger partial charge < -0.3 is 10.4 Å². The van der Waals surface area contributed by atoms with Crippen molar-refractivity contribution in [2.24, 2.45) is 11.8 Å². The molecule has 1 atom stereocenters. The van der Waals surface area contributed by atoms with Crippen LogP contribution in [0, 0.1) is 17.7 Å². The molecule has 1 amide bonds. The van der Waals surface area contributed by atoms with Crippen LogP contribution in [0.2, 0.25) is 0 Å². The maximum absolute atomic E-state index is 15.2. The number of halogens is 1. The number of carbonyl (C=O) groups is 1. The van der Waals surface area contributed by atoms with Crippen molar-refractivity contribution in [2.75, 3.05) is 23.9 Å². The summed E-state index contributed by atoms with van der Waals surface area (Å²) >= 11 is 0. The van der Waals surface area contributed by atoms with Crippen molar-refractivity contribution in [2.45, 2.75) is 44.9 Å². The Labute approximate surface area is 164 Å². The first kappa shape index (κ1) is 19.4. The molecule has 1 heterocycles. The zero-order valence-electron chi connectivity index (χ0n) is 15.7. The molecule has 1 aromatic rings. The van der Waals surface area contributed by atoms with Gasteiger partial charge in [0.1, 0.15) is 18.0 Å². The van der Waals surface area contributed by atoms with E-state index in [0.29, 0.717) is 28.3 Å². The van der Waals surface area contributed by atoms with Crippen LogP contribution in [0.3, 0.4) is 0 Å². The van der Waals surface area contributed by atoms with Crippen molar-refractivity contribution in [3.05, 3.63) is 23.0 Å². The van der Waals surface area contributed by atoms with Gasteiger partial charge in [-0.05, 0) is 74.2 Å². The van der Waals surface area contributed by atoms with E-state index in [0.717, 1.165) is 31.8 Å². The number of hydrogen-bond donors (Lipinski definition) is 3. The number of nitrogens with one attached hydrogen (secondary N) is 2. The Morgan fingerprint density at radius 3 is 2.75 bits per heavy atom. The predicted octanol–water partition coefficient (Wildman–Crippen LogP) is 1.60. The highest BCUT2D eigenvalue weighted by Gasteiger charge is 2.39. The average molecular weight is 411 g/mol. The topological polar surface area (TPSA) is 98.7 Å². The predicted molar refractivity (Wildman–Crippen MR) is 103 cm³/mol. The van der Waals surface area contributed by atoms with Crippen LogP contribution < -0.4 is 14.3 Å². The third-order valence-corrected chi connectivity index (χ3v) is 7.27. The Morgan fingerprint density at radius 2 is 2.07 bits per heavy atom. The van der Waals surface area contributed by atoms with E-state index in [4.69, 9.17) is 0 Å². The van der Waals surface area contributed by atoms with Gasteiger partial charge in [-0.25, -0.2) is 13.4 Å². The van der Waals surface area contributed by atoms with Crippen molar-refractivity contribution in [1.82, 2.24) is 10.0 Å². The molecule has 1 aliphatic heterocycles. The number of fused-ring (bicyclic) bond motifs is 1. The highest BCUT2D eigenvalue weighted by atomic mass is 32.2. The molecule has 0 bridgehead atoms. The Balaban J connectivity index is 1.47. The van der Waals surface area contributed by atoms with Crippen LogP contribution in [0.4, 0.5) is 10.1 Å². The molecule has 7 nitrogen and oxygen atoms in total. The zero-order chi connectivity index (χ0) is 19.9. The SMILES string of the molecule is O=C1CN(c2c(O)cc3c(c2F)CC(CNCCCC2CC2)CC3)S(=O)(=O)N1. The molecule has 0 aromatic heterocycles. The lowest BCUT2D eigenvalue weighted by Crippen LogP contribution is -2.32. The number of phenols is 1. The van der Waals surface area contributed by atoms with E-state index < -0.39 is 39.9 Å². The number of rotatable bonds is 7. The monoisotopic (exact) mass is 411 g/mol. The molecular formula is C19H26FN3O4S. The molecule has 4 rings (SSSR count). The minimum atomic E-state index is -4.18. The minimum Gasteiger partial charge on any atom is -0.506 e. The fourth-order valence-corrected chi connectivity index (χ4v) is 5.36. The van der Waals surface area contributed by atoms with Gasteiger partial charge in [0.15, 0.2) is 5.82 Å². The third-order valence-electron chi connectivity index (χ3n) is 5.89. The van der Waals surface area contributed by atoms with Crippen molar-refractivity contribution in [3.63, 3.8) is 0 Å². The number of nitrogens with zero attached hydrogens (tertiary/aromatic N) is 1. The van der Waals surface area contributed by atoms with Crippen LogP contribution in [-0.2, 0) is 27.8 Å². The van der Waals surface area contributed by atoms with Crippen molar-refractivity contribution >= 4 is 21.8 Å². The smallest absolute Gasteiger partial charge is 0.326 e. The lowest BCUT2D eigenvalue weighted by atomic mass is 9.83. The Morgan fingerprint density at radius 1 is 1.29 bits per heavy atom. The van der Waals surface area contributed by atoms with Gasteiger partial charge in [-0.3, -0.25) is 4.79 Å². The Kier molecular flexibility index (Phi) is 5.22. The molecule has 1 unspecified atom stereocenters. The summed E-state index contributed by atoms with van der Waals surface area (Å²) in [7, 11) is -4.18. The van der Waals surface area contributed by atoms with Gasteiger partial charge in [-0.15, -0.1) is 0 Å². The maximum atomic E-state index is 15.2. The summed E-state index contributed by atoms with van der Waals surface area (Å²) in [6, 6.07) is 1.44. The molecule has 0 radical (unpaired) electrons. The van der Waals surface area contributed by atoms with Crippen molar-refractivity contribution in [3.8, 4) is 5.75 Å². The first-order valence-electron chi connectivity index (χ1n) is 9.92. The lowest BCUT2D eigenvalue weighted by Gasteiger charge is -2.28. The van der Waals surface area contributed by atoms with Gasteiger partial charge in [0.25, 0.3) is 5.91 Å². The molecule has 1 saturated heterocycles. The number of phenolic OH excluding ortho intramolecular Hbond substituents is 1. The summed E-state index contributed by atoms with van der Waals surface area (Å²) in [5, 5.41) is 13.7. The van der Waals surface area contributed by atoms with E-state index >= 15 is 4.39 Å². The van der Waals surface area contributed by atoms with E-state index in [1.807, 2.05) is 4.72 Å². The number of benzene rings is 1. The molecule has 2 fully saturated rings. The van der Waals surface area contributed by atoms with Gasteiger partial charge in [0.05, 0.1) is 0 Å². The van der Waals surface area contributed by atoms with Crippen LogP contribution in [0.5, 0.6) is 5.75 Å². The standard InChI is InChI=1S/C19H26FN3O4S/c20-18-15-8-13(10-21-7-1-2-12-3-4-12)5-6-14(15)9-16(24)19(18)23-11-17(25)22-28(23,26)27/h9,12-13,21,24H,1-8,10-11H2,(H,22,25). The number of hydrogen-bond acceptors (Lipinski definition) is 5. The van der Waals surface area contributed by atoms with Gasteiger partial charge in [0, 0.05) is 0 Å². The summed E-state index contributed by atoms with van der Waals surface area (Å²) in [5.41, 5.74) is 0.716. The molecule has 9 heteroatoms. The quantitative estimate of drug-likeness (QED) is 0.592. The third kappa shape index (κ3) is 3.96. The first-order chi connectivity index (χ1) is 13.3. The molecule has 2 aliphatic carbocycles. The number of amides is 1. The van der Waals surface area contributed by atoms with Gasteiger partial charge in [0.2, 0.25) is 0 Å². The zero-order valence-corrected chi connectivity index (χ0v) is 16.5. The molecule has 1 aromatic carbocycles. The second kappa shape index (κ2) is 7.51. The first-order valence-corrected chi connectivity index (χ1v) is 11.4. The summed E-state index contributed by atoms with van der Waals surface area (Å²) in [6.07, 6.45) is 7.17. The maximum Gasteiger partial charge on any atom is 0.326 e. The summed E-state index contributed by atoms with van der Waals surface area (Å²) in [6.45, 7) is 1.22. The van der Waals surface area contributed by atoms with Gasteiger partial charge >= 0.3 is 10.2 Å². The normalized spacial score (nSPS) is 23.5. The number of aromatic hydroxyl groups is 1. The molecule has 3 N–H and O–H groups in total. The fraction of sp³-hybridized carbons (Fsp3) is 0.632. The lowest BCUT2D eigenvalue weighted by molar-refractivity contribution is -0.117. The van der Waals surface area contributed by atoms with Crippen molar-refractivity contribution in [1.29, 1.82) is 0 Å². The minimum absolute atomic E-state index is 0.260. The molecule has 0 spiro atoms. The van der Waals surface area contributed by atoms with Crippen LogP contribution in [-0.4, -0.2) is 39.1 Å². The summed E-state index contributed by atoms with van der Waals surface area (Å²) < 4.78 is 41.8. The van der Waals surface area contributed by atoms with Crippen LogP contribution in [0.25, 0.3) is 0 Å². The molecular weight excluding hydrogens is 385 g/mol. The molecule has 1 saturated carbocycles. The second-order valence-electron chi connectivity index (χ2n) is 8.13. The van der Waals surface area contributed by atoms with E-state index in [9.17, 15) is 18.3 Å². The van der Waals surface area contributed by atoms with E-state index in [-0.39, 0.29) is 5.92 Å². The molecule has 28 heavy (non-hydrogen) atoms. The number of anilines is 1. The van der Waals surface area contributed by atoms with E-state index in [1.54, 1.807) is 0 Å². The Bertz CT molecular complexity index is 886. The average Bonchev–Trinajstić information content (AvgIpc) is 3.40. The highest BCUT2D eigenvalue weighted by molar-refractivity contribution is 7.92. The fourth-order valence-electron chi connectivity index (χ4n) is 4.20. The number of carbonyl (C=O) groups excluding carboxylic acids is 1. The Hall–Kier alpha value is -1.87. The van der Waals surface area contributed by atoms with E-state index in [2.05, 4.69) is 5.32 Å². The summed E-state index contributed by atoms with van der Waals surface area (Å²) in [4.78, 5) is 11.5. The molecule has 3 aliphatic rings. The highest BCUT2D eigenvalue weighted by Crippen LogP contribution is 2.40. The van der Waals surface area contributed by atoms with Crippen molar-refractivity contribution < 1.29 is 22.7 Å². The van der Waals surface area contributed by atoms with Gasteiger partial charge in [-0.2, -0.15) is 8.42 Å². The van der Waals surface area contributed by atoms with Crippen LogP contribution in [0.15, 0.2) is 6.07 Å². The van der Waals surface area contributed by atoms with Gasteiger partial charge in [-0.1, -0.05) is 12.8 Å². The van der Waals surface area contributed by atoms with Crippen LogP contribution in [0.1, 0.15) is 43.2 Å². The summed E-state index contributed by atoms with van der Waals surface area (Å²) in [5.74, 6) is -0.756. The largest absolute Gasteiger partial charge is 0.506 e. The van der Waals surface area contributed by atoms with E-state index in [1.165, 1.54) is 25.3 Å². The number of aryl methyl sites for hydroxylation is 1. The molecule has 154 valence electrons. The second-order valence-corrected chi connectivity index (χ2v) is 9.73.